The van der Waals surface area contributed by atoms with E-state index < -0.39 is 0 Å². The molecule has 0 amide bonds. The molecule has 0 aliphatic heterocycles. The fourth-order valence-electron chi connectivity index (χ4n) is 5.07. The van der Waals surface area contributed by atoms with Crippen molar-refractivity contribution in [3.8, 4) is 6.01 Å². The fraction of sp³-hybridized carbons (Fsp3) is 0.786. The number of nitrogens with zero attached hydrogens (tertiary/aromatic N) is 3. The maximum Gasteiger partial charge on any atom is 0.322 e. The summed E-state index contributed by atoms with van der Waals surface area (Å²) in [5.74, 6) is 8.94. The van der Waals surface area contributed by atoms with Crippen LogP contribution in [0.25, 0.3) is 0 Å². The van der Waals surface area contributed by atoms with E-state index in [1.54, 1.807) is 7.11 Å². The van der Waals surface area contributed by atoms with Gasteiger partial charge in [-0.15, -0.1) is 0 Å². The van der Waals surface area contributed by atoms with Crippen molar-refractivity contribution in [2.75, 3.05) is 17.9 Å². The van der Waals surface area contributed by atoms with E-state index >= 15 is 0 Å². The highest BCUT2D eigenvalue weighted by molar-refractivity contribution is 5.38. The van der Waals surface area contributed by atoms with Crippen LogP contribution < -0.4 is 21.3 Å². The van der Waals surface area contributed by atoms with Gasteiger partial charge in [0.1, 0.15) is 0 Å². The van der Waals surface area contributed by atoms with E-state index in [1.165, 1.54) is 38.5 Å². The van der Waals surface area contributed by atoms with Crippen LogP contribution in [-0.4, -0.2) is 27.6 Å². The van der Waals surface area contributed by atoms with E-state index in [0.29, 0.717) is 11.9 Å². The number of methoxy groups -OCH3 is 1. The number of rotatable bonds is 4. The second-order valence-electron chi connectivity index (χ2n) is 6.94. The Balaban J connectivity index is 1.61. The van der Waals surface area contributed by atoms with Crippen LogP contribution in [-0.2, 0) is 0 Å². The summed E-state index contributed by atoms with van der Waals surface area (Å²) in [7, 11) is 1.55. The highest BCUT2D eigenvalue weighted by atomic mass is 16.5. The molecule has 4 aliphatic rings. The molecule has 1 heterocycles. The molecule has 4 N–H and O–H groups in total. The molecule has 0 saturated heterocycles. The molecule has 0 aromatic carbocycles. The molecule has 7 nitrogen and oxygen atoms in total. The average Bonchev–Trinajstić information content (AvgIpc) is 2.44. The average molecular weight is 290 g/mol. The summed E-state index contributed by atoms with van der Waals surface area (Å²) in [6, 6.07) is 0.283. The number of hydrogen-bond acceptors (Lipinski definition) is 7. The van der Waals surface area contributed by atoms with Crippen LogP contribution in [0, 0.1) is 17.8 Å². The summed E-state index contributed by atoms with van der Waals surface area (Å²) >= 11 is 0. The minimum Gasteiger partial charge on any atom is -0.467 e. The molecular weight excluding hydrogens is 268 g/mol. The van der Waals surface area contributed by atoms with Crippen molar-refractivity contribution in [2.24, 2.45) is 23.6 Å². The van der Waals surface area contributed by atoms with Crippen molar-refractivity contribution in [3.63, 3.8) is 0 Å². The van der Waals surface area contributed by atoms with Gasteiger partial charge in [-0.2, -0.15) is 15.0 Å². The SMILES string of the molecule is COc1nc(NN)nc(NC23CC4CC(CC(C4)C2)C3)n1. The number of ether oxygens (including phenoxy) is 1. The van der Waals surface area contributed by atoms with Crippen molar-refractivity contribution >= 4 is 11.9 Å². The van der Waals surface area contributed by atoms with E-state index in [0.717, 1.165) is 17.8 Å². The monoisotopic (exact) mass is 290 g/mol. The predicted octanol–water partition coefficient (Wildman–Crippen LogP) is 1.55. The Kier molecular flexibility index (Phi) is 2.92. The number of hydrazine groups is 1. The van der Waals surface area contributed by atoms with Crippen molar-refractivity contribution in [1.82, 2.24) is 15.0 Å². The van der Waals surface area contributed by atoms with Gasteiger partial charge in [-0.25, -0.2) is 5.84 Å². The van der Waals surface area contributed by atoms with Crippen molar-refractivity contribution in [2.45, 2.75) is 44.1 Å². The van der Waals surface area contributed by atoms with Crippen LogP contribution in [0.2, 0.25) is 0 Å². The first-order chi connectivity index (χ1) is 10.2. The molecule has 5 rings (SSSR count). The molecule has 4 bridgehead atoms. The minimum atomic E-state index is 0.160. The van der Waals surface area contributed by atoms with E-state index in [2.05, 4.69) is 25.7 Å². The molecular formula is C14H22N6O. The van der Waals surface area contributed by atoms with Crippen LogP contribution in [0.3, 0.4) is 0 Å². The molecule has 4 aliphatic carbocycles. The van der Waals surface area contributed by atoms with Gasteiger partial charge < -0.3 is 10.1 Å². The Labute approximate surface area is 124 Å². The summed E-state index contributed by atoms with van der Waals surface area (Å²) in [4.78, 5) is 12.7. The molecule has 4 saturated carbocycles. The zero-order chi connectivity index (χ0) is 14.4. The van der Waals surface area contributed by atoms with Crippen LogP contribution in [0.5, 0.6) is 6.01 Å². The zero-order valence-electron chi connectivity index (χ0n) is 12.3. The van der Waals surface area contributed by atoms with Crippen LogP contribution in [0.1, 0.15) is 38.5 Å². The lowest BCUT2D eigenvalue weighted by molar-refractivity contribution is 0.0103. The van der Waals surface area contributed by atoms with E-state index in [4.69, 9.17) is 10.6 Å². The first-order valence-electron chi connectivity index (χ1n) is 7.73. The number of nitrogen functional groups attached to an aromatic ring is 1. The molecule has 7 heteroatoms. The van der Waals surface area contributed by atoms with Gasteiger partial charge in [0.05, 0.1) is 7.11 Å². The largest absolute Gasteiger partial charge is 0.467 e. The second-order valence-corrected chi connectivity index (χ2v) is 6.94. The Bertz CT molecular complexity index is 491. The Morgan fingerprint density at radius 1 is 1.00 bits per heavy atom. The van der Waals surface area contributed by atoms with Gasteiger partial charge in [0.15, 0.2) is 0 Å². The van der Waals surface area contributed by atoms with E-state index in [9.17, 15) is 0 Å². The number of nitrogens with two attached hydrogens (primary N) is 1. The lowest BCUT2D eigenvalue weighted by Crippen LogP contribution is -2.55. The van der Waals surface area contributed by atoms with Crippen molar-refractivity contribution < 1.29 is 4.74 Å². The molecule has 21 heavy (non-hydrogen) atoms. The molecule has 0 unspecified atom stereocenters. The fourth-order valence-corrected chi connectivity index (χ4v) is 5.07. The van der Waals surface area contributed by atoms with Crippen LogP contribution in [0.4, 0.5) is 11.9 Å². The molecule has 0 spiro atoms. The summed E-state index contributed by atoms with van der Waals surface area (Å²) in [6.45, 7) is 0. The second kappa shape index (κ2) is 4.69. The minimum absolute atomic E-state index is 0.160. The summed E-state index contributed by atoms with van der Waals surface area (Å²) < 4.78 is 5.12. The molecule has 1 aromatic heterocycles. The third-order valence-electron chi connectivity index (χ3n) is 5.34. The smallest absolute Gasteiger partial charge is 0.322 e. The number of hydrogen-bond donors (Lipinski definition) is 3. The van der Waals surface area contributed by atoms with Gasteiger partial charge in [0, 0.05) is 5.54 Å². The number of nitrogens with one attached hydrogen (secondary N) is 2. The third kappa shape index (κ3) is 2.29. The van der Waals surface area contributed by atoms with Crippen molar-refractivity contribution in [3.05, 3.63) is 0 Å². The van der Waals surface area contributed by atoms with Crippen LogP contribution >= 0.6 is 0 Å². The van der Waals surface area contributed by atoms with E-state index in [-0.39, 0.29) is 11.5 Å². The lowest BCUT2D eigenvalue weighted by Gasteiger charge is -2.56. The molecule has 1 aromatic rings. The lowest BCUT2D eigenvalue weighted by atomic mass is 9.53. The standard InChI is InChI=1S/C14H22N6O/c1-21-13-17-11(16-12(18-13)20-15)19-14-5-8-2-9(6-14)4-10(3-8)7-14/h8-10H,2-7,15H2,1H3,(H2,16,17,18,19,20). The molecule has 4 fully saturated rings. The summed E-state index contributed by atoms with van der Waals surface area (Å²) in [6.07, 6.45) is 7.94. The van der Waals surface area contributed by atoms with Crippen molar-refractivity contribution in [1.29, 1.82) is 0 Å². The molecule has 0 radical (unpaired) electrons. The predicted molar refractivity (Wildman–Crippen MR) is 78.7 cm³/mol. The first-order valence-corrected chi connectivity index (χ1v) is 7.73. The molecule has 114 valence electrons. The Morgan fingerprint density at radius 2 is 1.57 bits per heavy atom. The Morgan fingerprint density at radius 3 is 2.10 bits per heavy atom. The Hall–Kier alpha value is -1.63. The van der Waals surface area contributed by atoms with Gasteiger partial charge in [-0.3, -0.25) is 5.43 Å². The van der Waals surface area contributed by atoms with Gasteiger partial charge in [-0.05, 0) is 56.3 Å². The third-order valence-corrected chi connectivity index (χ3v) is 5.34. The summed E-state index contributed by atoms with van der Waals surface area (Å²) in [5, 5.41) is 3.60. The highest BCUT2D eigenvalue weighted by Crippen LogP contribution is 2.56. The zero-order valence-corrected chi connectivity index (χ0v) is 12.3. The molecule has 0 atom stereocenters. The number of aromatic nitrogens is 3. The van der Waals surface area contributed by atoms with Gasteiger partial charge in [0.2, 0.25) is 11.9 Å². The van der Waals surface area contributed by atoms with Gasteiger partial charge in [-0.1, -0.05) is 0 Å². The summed E-state index contributed by atoms with van der Waals surface area (Å²) in [5.41, 5.74) is 2.63. The maximum atomic E-state index is 5.42. The number of anilines is 2. The topological polar surface area (TPSA) is 98.0 Å². The van der Waals surface area contributed by atoms with Gasteiger partial charge in [0.25, 0.3) is 0 Å². The van der Waals surface area contributed by atoms with Crippen LogP contribution in [0.15, 0.2) is 0 Å². The quantitative estimate of drug-likeness (QED) is 0.571. The van der Waals surface area contributed by atoms with E-state index in [1.807, 2.05) is 0 Å². The van der Waals surface area contributed by atoms with Gasteiger partial charge >= 0.3 is 6.01 Å². The first kappa shape index (κ1) is 13.1. The highest BCUT2D eigenvalue weighted by Gasteiger charge is 2.51. The normalized spacial score (nSPS) is 36.6. The maximum absolute atomic E-state index is 5.42.